The van der Waals surface area contributed by atoms with E-state index in [1.807, 2.05) is 61.5 Å². The Kier molecular flexibility index (Phi) is 5.07. The molecule has 1 amide bonds. The monoisotopic (exact) mass is 447 g/mol. The minimum absolute atomic E-state index is 0.0880. The lowest BCUT2D eigenvalue weighted by Crippen LogP contribution is -2.29. The van der Waals surface area contributed by atoms with Gasteiger partial charge < -0.3 is 5.11 Å². The number of para-hydroxylation sites is 1. The highest BCUT2D eigenvalue weighted by Crippen LogP contribution is 2.42. The molecule has 0 saturated carbocycles. The smallest absolute Gasteiger partial charge is 0.300 e. The van der Waals surface area contributed by atoms with Gasteiger partial charge in [0, 0.05) is 15.7 Å². The third-order valence-electron chi connectivity index (χ3n) is 4.99. The molecule has 1 N–H and O–H groups in total. The molecule has 5 heteroatoms. The van der Waals surface area contributed by atoms with E-state index in [1.54, 1.807) is 24.3 Å². The second kappa shape index (κ2) is 7.68. The standard InChI is InChI=1S/C24H18BrNO3/c1-15-7-9-17(10-8-15)22(27)20-21(16-11-13-18(25)14-12-16)26(24(29)23(20)28)19-5-3-2-4-6-19/h2-14,21,27H,1H3/t21-/m0/s1. The van der Waals surface area contributed by atoms with Crippen molar-refractivity contribution in [3.05, 3.63) is 106 Å². The largest absolute Gasteiger partial charge is 0.507 e. The van der Waals surface area contributed by atoms with Crippen LogP contribution in [0.3, 0.4) is 0 Å². The number of hydrogen-bond acceptors (Lipinski definition) is 3. The quantitative estimate of drug-likeness (QED) is 0.332. The van der Waals surface area contributed by atoms with Crippen molar-refractivity contribution < 1.29 is 14.7 Å². The molecule has 4 rings (SSSR count). The zero-order valence-electron chi connectivity index (χ0n) is 15.7. The van der Waals surface area contributed by atoms with Crippen LogP contribution in [0.1, 0.15) is 22.7 Å². The number of amides is 1. The van der Waals surface area contributed by atoms with E-state index in [0.717, 1.165) is 15.6 Å². The van der Waals surface area contributed by atoms with E-state index in [-0.39, 0.29) is 11.3 Å². The predicted octanol–water partition coefficient (Wildman–Crippen LogP) is 5.38. The van der Waals surface area contributed by atoms with Gasteiger partial charge in [-0.3, -0.25) is 14.5 Å². The van der Waals surface area contributed by atoms with Crippen molar-refractivity contribution in [2.75, 3.05) is 4.90 Å². The van der Waals surface area contributed by atoms with Crippen LogP contribution in [0.5, 0.6) is 0 Å². The van der Waals surface area contributed by atoms with Crippen LogP contribution in [0, 0.1) is 6.92 Å². The molecule has 1 atom stereocenters. The maximum Gasteiger partial charge on any atom is 0.300 e. The summed E-state index contributed by atoms with van der Waals surface area (Å²) in [5, 5.41) is 11.0. The molecule has 29 heavy (non-hydrogen) atoms. The van der Waals surface area contributed by atoms with Crippen molar-refractivity contribution in [2.45, 2.75) is 13.0 Å². The second-order valence-corrected chi connectivity index (χ2v) is 7.84. The van der Waals surface area contributed by atoms with Crippen LogP contribution < -0.4 is 4.90 Å². The Bertz CT molecular complexity index is 1100. The number of aliphatic hydroxyl groups is 1. The van der Waals surface area contributed by atoms with Crippen molar-refractivity contribution in [3.8, 4) is 0 Å². The number of anilines is 1. The van der Waals surface area contributed by atoms with Crippen LogP contribution in [0.25, 0.3) is 5.76 Å². The average Bonchev–Trinajstić information content (AvgIpc) is 3.00. The molecule has 0 aromatic heterocycles. The van der Waals surface area contributed by atoms with Gasteiger partial charge in [0.2, 0.25) is 0 Å². The number of carbonyl (C=O) groups is 2. The average molecular weight is 448 g/mol. The van der Waals surface area contributed by atoms with Crippen molar-refractivity contribution in [1.29, 1.82) is 0 Å². The fourth-order valence-electron chi connectivity index (χ4n) is 3.51. The van der Waals surface area contributed by atoms with E-state index in [2.05, 4.69) is 15.9 Å². The van der Waals surface area contributed by atoms with Gasteiger partial charge in [-0.05, 0) is 36.8 Å². The number of rotatable bonds is 3. The topological polar surface area (TPSA) is 57.6 Å². The zero-order valence-corrected chi connectivity index (χ0v) is 17.3. The second-order valence-electron chi connectivity index (χ2n) is 6.92. The van der Waals surface area contributed by atoms with Gasteiger partial charge in [-0.2, -0.15) is 0 Å². The van der Waals surface area contributed by atoms with E-state index in [0.29, 0.717) is 11.3 Å². The fraction of sp³-hybridized carbons (Fsp3) is 0.0833. The lowest BCUT2D eigenvalue weighted by molar-refractivity contribution is -0.132. The minimum atomic E-state index is -0.716. The van der Waals surface area contributed by atoms with Gasteiger partial charge in [0.25, 0.3) is 11.7 Å². The number of carbonyl (C=O) groups excluding carboxylic acids is 2. The summed E-state index contributed by atoms with van der Waals surface area (Å²) in [6.07, 6.45) is 0. The number of hydrogen-bond donors (Lipinski definition) is 1. The van der Waals surface area contributed by atoms with Crippen molar-refractivity contribution >= 4 is 39.1 Å². The van der Waals surface area contributed by atoms with Crippen molar-refractivity contribution in [3.63, 3.8) is 0 Å². The van der Waals surface area contributed by atoms with Gasteiger partial charge in [-0.25, -0.2) is 0 Å². The van der Waals surface area contributed by atoms with E-state index >= 15 is 0 Å². The van der Waals surface area contributed by atoms with Crippen LogP contribution >= 0.6 is 15.9 Å². The third-order valence-corrected chi connectivity index (χ3v) is 5.52. The summed E-state index contributed by atoms with van der Waals surface area (Å²) in [5.74, 6) is -1.52. The predicted molar refractivity (Wildman–Crippen MR) is 117 cm³/mol. The molecule has 1 aliphatic heterocycles. The number of halogens is 1. The number of aliphatic hydroxyl groups excluding tert-OH is 1. The van der Waals surface area contributed by atoms with Crippen LogP contribution in [0.15, 0.2) is 88.9 Å². The van der Waals surface area contributed by atoms with Crippen molar-refractivity contribution in [2.24, 2.45) is 0 Å². The van der Waals surface area contributed by atoms with Crippen LogP contribution in [0.4, 0.5) is 5.69 Å². The Hall–Kier alpha value is -3.18. The summed E-state index contributed by atoms with van der Waals surface area (Å²) < 4.78 is 0.886. The first kappa shape index (κ1) is 19.2. The SMILES string of the molecule is Cc1ccc(C(O)=C2C(=O)C(=O)N(c3ccccc3)[C@H]2c2ccc(Br)cc2)cc1. The Balaban J connectivity index is 1.94. The lowest BCUT2D eigenvalue weighted by Gasteiger charge is -2.25. The third kappa shape index (κ3) is 3.49. The molecule has 0 bridgehead atoms. The molecular weight excluding hydrogens is 430 g/mol. The molecule has 4 nitrogen and oxygen atoms in total. The molecule has 1 aliphatic rings. The van der Waals surface area contributed by atoms with Crippen LogP contribution in [0.2, 0.25) is 0 Å². The van der Waals surface area contributed by atoms with Gasteiger partial charge >= 0.3 is 0 Å². The summed E-state index contributed by atoms with van der Waals surface area (Å²) in [4.78, 5) is 27.4. The molecule has 0 radical (unpaired) electrons. The number of nitrogens with zero attached hydrogens (tertiary/aromatic N) is 1. The maximum atomic E-state index is 13.0. The Morgan fingerprint density at radius 2 is 1.52 bits per heavy atom. The summed E-state index contributed by atoms with van der Waals surface area (Å²) in [5.41, 5.74) is 2.97. The molecule has 1 fully saturated rings. The van der Waals surface area contributed by atoms with E-state index in [9.17, 15) is 14.7 Å². The summed E-state index contributed by atoms with van der Waals surface area (Å²) >= 11 is 3.42. The number of benzene rings is 3. The first-order chi connectivity index (χ1) is 14.0. The highest BCUT2D eigenvalue weighted by molar-refractivity contribution is 9.10. The molecule has 1 heterocycles. The minimum Gasteiger partial charge on any atom is -0.507 e. The molecule has 144 valence electrons. The Morgan fingerprint density at radius 1 is 0.897 bits per heavy atom. The molecular formula is C24H18BrNO3. The highest BCUT2D eigenvalue weighted by atomic mass is 79.9. The first-order valence-electron chi connectivity index (χ1n) is 9.16. The van der Waals surface area contributed by atoms with E-state index in [1.165, 1.54) is 4.90 Å². The number of ketones is 1. The molecule has 0 spiro atoms. The van der Waals surface area contributed by atoms with Gasteiger partial charge in [0.1, 0.15) is 5.76 Å². The summed E-state index contributed by atoms with van der Waals surface area (Å²) in [7, 11) is 0. The van der Waals surface area contributed by atoms with Crippen LogP contribution in [-0.2, 0) is 9.59 Å². The summed E-state index contributed by atoms with van der Waals surface area (Å²) in [6, 6.07) is 22.9. The normalized spacial score (nSPS) is 18.3. The number of Topliss-reactive ketones (excluding diaryl/α,β-unsaturated/α-hetero) is 1. The highest BCUT2D eigenvalue weighted by Gasteiger charge is 2.46. The Labute approximate surface area is 177 Å². The molecule has 0 aliphatic carbocycles. The zero-order chi connectivity index (χ0) is 20.5. The number of aryl methyl sites for hydroxylation is 1. The molecule has 3 aromatic rings. The van der Waals surface area contributed by atoms with Gasteiger partial charge in [-0.1, -0.05) is 76.1 Å². The molecule has 1 saturated heterocycles. The van der Waals surface area contributed by atoms with Gasteiger partial charge in [0.15, 0.2) is 0 Å². The Morgan fingerprint density at radius 3 is 2.14 bits per heavy atom. The van der Waals surface area contributed by atoms with E-state index < -0.39 is 17.7 Å². The van der Waals surface area contributed by atoms with E-state index in [4.69, 9.17) is 0 Å². The van der Waals surface area contributed by atoms with Crippen LogP contribution in [-0.4, -0.2) is 16.8 Å². The maximum absolute atomic E-state index is 13.0. The fourth-order valence-corrected chi connectivity index (χ4v) is 3.78. The van der Waals surface area contributed by atoms with Crippen molar-refractivity contribution in [1.82, 2.24) is 0 Å². The first-order valence-corrected chi connectivity index (χ1v) is 9.95. The molecule has 0 unspecified atom stereocenters. The van der Waals surface area contributed by atoms with Gasteiger partial charge in [0.05, 0.1) is 11.6 Å². The summed E-state index contributed by atoms with van der Waals surface area (Å²) in [6.45, 7) is 1.94. The lowest BCUT2D eigenvalue weighted by atomic mass is 9.95. The molecule has 3 aromatic carbocycles. The van der Waals surface area contributed by atoms with Gasteiger partial charge in [-0.15, -0.1) is 0 Å².